The zero-order valence-corrected chi connectivity index (χ0v) is 15.5. The van der Waals surface area contributed by atoms with Crippen LogP contribution in [0.25, 0.3) is 0 Å². The van der Waals surface area contributed by atoms with Crippen LogP contribution in [0.3, 0.4) is 0 Å². The third-order valence-corrected chi connectivity index (χ3v) is 5.52. The molecular formula is C18H26Cl2N2O2. The van der Waals surface area contributed by atoms with Crippen molar-refractivity contribution in [2.75, 3.05) is 11.9 Å². The van der Waals surface area contributed by atoms with Gasteiger partial charge in [0.1, 0.15) is 5.75 Å². The Morgan fingerprint density at radius 3 is 2.62 bits per heavy atom. The molecule has 2 fully saturated rings. The van der Waals surface area contributed by atoms with Crippen LogP contribution in [-0.2, 0) is 4.79 Å². The Balaban J connectivity index is 0.00000208. The maximum absolute atomic E-state index is 12.7. The van der Waals surface area contributed by atoms with E-state index in [-0.39, 0.29) is 30.3 Å². The Labute approximate surface area is 154 Å². The molecule has 2 saturated carbocycles. The fourth-order valence-corrected chi connectivity index (χ4v) is 4.27. The molecule has 2 bridgehead atoms. The van der Waals surface area contributed by atoms with Gasteiger partial charge < -0.3 is 15.8 Å². The predicted octanol–water partition coefficient (Wildman–Crippen LogP) is 4.25. The van der Waals surface area contributed by atoms with Gasteiger partial charge in [-0.15, -0.1) is 12.4 Å². The molecule has 0 radical (unpaired) electrons. The molecule has 1 amide bonds. The van der Waals surface area contributed by atoms with Gasteiger partial charge >= 0.3 is 0 Å². The van der Waals surface area contributed by atoms with Crippen LogP contribution >= 0.6 is 24.0 Å². The van der Waals surface area contributed by atoms with E-state index >= 15 is 0 Å². The summed E-state index contributed by atoms with van der Waals surface area (Å²) in [5, 5.41) is 3.63. The van der Waals surface area contributed by atoms with Crippen LogP contribution in [0.5, 0.6) is 5.75 Å². The standard InChI is InChI=1S/C18H25ClN2O2.ClH/c1-2-23-16-10-14(19)6-7-15(16)21-18(22)13-8-11-4-3-5-12(9-13)17(11)20;/h6-7,10-13,17H,2-5,8-9,20H2,1H3,(H,21,22);1H. The molecular weight excluding hydrogens is 347 g/mol. The van der Waals surface area contributed by atoms with E-state index in [0.29, 0.717) is 34.9 Å². The van der Waals surface area contributed by atoms with Gasteiger partial charge in [0.15, 0.2) is 0 Å². The molecule has 0 saturated heterocycles. The van der Waals surface area contributed by atoms with Gasteiger partial charge in [-0.2, -0.15) is 0 Å². The summed E-state index contributed by atoms with van der Waals surface area (Å²) in [6.45, 7) is 2.45. The number of hydrogen-bond acceptors (Lipinski definition) is 3. The van der Waals surface area contributed by atoms with E-state index in [1.165, 1.54) is 6.42 Å². The Kier molecular flexibility index (Phi) is 6.79. The van der Waals surface area contributed by atoms with E-state index in [4.69, 9.17) is 22.1 Å². The van der Waals surface area contributed by atoms with Crippen LogP contribution in [0.1, 0.15) is 39.0 Å². The Morgan fingerprint density at radius 2 is 2.00 bits per heavy atom. The predicted molar refractivity (Wildman–Crippen MR) is 100 cm³/mol. The zero-order valence-electron chi connectivity index (χ0n) is 14.0. The first kappa shape index (κ1) is 19.4. The molecule has 6 heteroatoms. The third kappa shape index (κ3) is 4.16. The van der Waals surface area contributed by atoms with Crippen molar-refractivity contribution in [2.24, 2.45) is 23.5 Å². The molecule has 1 aromatic carbocycles. The average molecular weight is 373 g/mol. The molecule has 3 rings (SSSR count). The Hall–Kier alpha value is -0.970. The Morgan fingerprint density at radius 1 is 1.33 bits per heavy atom. The summed E-state index contributed by atoms with van der Waals surface area (Å²) in [5.74, 6) is 1.75. The van der Waals surface area contributed by atoms with Crippen molar-refractivity contribution in [3.8, 4) is 5.75 Å². The first-order valence-corrected chi connectivity index (χ1v) is 8.95. The van der Waals surface area contributed by atoms with Crippen LogP contribution in [0.4, 0.5) is 5.69 Å². The fourth-order valence-electron chi connectivity index (χ4n) is 4.11. The monoisotopic (exact) mass is 372 g/mol. The number of anilines is 1. The topological polar surface area (TPSA) is 64.3 Å². The van der Waals surface area contributed by atoms with Crippen molar-refractivity contribution < 1.29 is 9.53 Å². The van der Waals surface area contributed by atoms with Crippen molar-refractivity contribution in [3.05, 3.63) is 23.2 Å². The van der Waals surface area contributed by atoms with E-state index in [9.17, 15) is 4.79 Å². The maximum atomic E-state index is 12.7. The minimum absolute atomic E-state index is 0. The Bertz CT molecular complexity index is 568. The van der Waals surface area contributed by atoms with Gasteiger partial charge in [-0.05, 0) is 56.6 Å². The summed E-state index contributed by atoms with van der Waals surface area (Å²) in [6, 6.07) is 5.60. The number of nitrogens with two attached hydrogens (primary N) is 1. The molecule has 0 aliphatic heterocycles. The van der Waals surface area contributed by atoms with E-state index in [1.54, 1.807) is 18.2 Å². The quantitative estimate of drug-likeness (QED) is 0.829. The second-order valence-corrected chi connectivity index (χ2v) is 7.20. The van der Waals surface area contributed by atoms with E-state index < -0.39 is 0 Å². The van der Waals surface area contributed by atoms with Gasteiger partial charge in [-0.3, -0.25) is 4.79 Å². The highest BCUT2D eigenvalue weighted by molar-refractivity contribution is 6.30. The highest BCUT2D eigenvalue weighted by atomic mass is 35.5. The largest absolute Gasteiger partial charge is 0.492 e. The minimum Gasteiger partial charge on any atom is -0.492 e. The van der Waals surface area contributed by atoms with Crippen LogP contribution in [0.2, 0.25) is 5.02 Å². The molecule has 2 unspecified atom stereocenters. The van der Waals surface area contributed by atoms with Crippen molar-refractivity contribution in [1.29, 1.82) is 0 Å². The molecule has 0 aromatic heterocycles. The zero-order chi connectivity index (χ0) is 16.4. The molecule has 1 aromatic rings. The molecule has 2 aliphatic rings. The average Bonchev–Trinajstić information content (AvgIpc) is 2.50. The highest BCUT2D eigenvalue weighted by Crippen LogP contribution is 2.42. The summed E-state index contributed by atoms with van der Waals surface area (Å²) < 4.78 is 5.58. The number of ether oxygens (including phenoxy) is 1. The SMILES string of the molecule is CCOc1cc(Cl)ccc1NC(=O)C1CC2CCCC(C1)C2N.Cl. The lowest BCUT2D eigenvalue weighted by Crippen LogP contribution is -2.48. The van der Waals surface area contributed by atoms with Gasteiger partial charge in [-0.25, -0.2) is 0 Å². The number of halogens is 2. The van der Waals surface area contributed by atoms with Crippen LogP contribution in [-0.4, -0.2) is 18.6 Å². The first-order valence-electron chi connectivity index (χ1n) is 8.57. The number of carbonyl (C=O) groups is 1. The van der Waals surface area contributed by atoms with Gasteiger partial charge in [0.2, 0.25) is 5.91 Å². The molecule has 0 spiro atoms. The number of fused-ring (bicyclic) bond motifs is 2. The van der Waals surface area contributed by atoms with E-state index in [0.717, 1.165) is 25.7 Å². The molecule has 2 atom stereocenters. The normalized spacial score (nSPS) is 28.6. The molecule has 2 aliphatic carbocycles. The van der Waals surface area contributed by atoms with E-state index in [1.807, 2.05) is 6.92 Å². The molecule has 134 valence electrons. The number of rotatable bonds is 4. The lowest BCUT2D eigenvalue weighted by atomic mass is 9.65. The van der Waals surface area contributed by atoms with Gasteiger partial charge in [-0.1, -0.05) is 18.0 Å². The third-order valence-electron chi connectivity index (χ3n) is 5.29. The van der Waals surface area contributed by atoms with Crippen LogP contribution < -0.4 is 15.8 Å². The number of nitrogens with one attached hydrogen (secondary N) is 1. The van der Waals surface area contributed by atoms with Crippen LogP contribution in [0.15, 0.2) is 18.2 Å². The van der Waals surface area contributed by atoms with Gasteiger partial charge in [0.05, 0.1) is 12.3 Å². The number of hydrogen-bond donors (Lipinski definition) is 2. The van der Waals surface area contributed by atoms with Crippen molar-refractivity contribution in [1.82, 2.24) is 0 Å². The number of benzene rings is 1. The maximum Gasteiger partial charge on any atom is 0.227 e. The summed E-state index contributed by atoms with van der Waals surface area (Å²) in [6.07, 6.45) is 5.38. The smallest absolute Gasteiger partial charge is 0.227 e. The fraction of sp³-hybridized carbons (Fsp3) is 0.611. The lowest BCUT2D eigenvalue weighted by Gasteiger charge is -2.43. The molecule has 4 nitrogen and oxygen atoms in total. The molecule has 0 heterocycles. The second kappa shape index (κ2) is 8.41. The van der Waals surface area contributed by atoms with E-state index in [2.05, 4.69) is 5.32 Å². The number of carbonyl (C=O) groups excluding carboxylic acids is 1. The van der Waals surface area contributed by atoms with Crippen molar-refractivity contribution >= 4 is 35.6 Å². The van der Waals surface area contributed by atoms with Crippen molar-refractivity contribution in [2.45, 2.75) is 45.1 Å². The van der Waals surface area contributed by atoms with Gasteiger partial charge in [0.25, 0.3) is 0 Å². The second-order valence-electron chi connectivity index (χ2n) is 6.76. The molecule has 3 N–H and O–H groups in total. The first-order chi connectivity index (χ1) is 11.1. The lowest BCUT2D eigenvalue weighted by molar-refractivity contribution is -0.122. The number of amides is 1. The van der Waals surface area contributed by atoms with Gasteiger partial charge in [0, 0.05) is 23.0 Å². The molecule has 24 heavy (non-hydrogen) atoms. The summed E-state index contributed by atoms with van der Waals surface area (Å²) in [4.78, 5) is 12.7. The highest BCUT2D eigenvalue weighted by Gasteiger charge is 2.40. The summed E-state index contributed by atoms with van der Waals surface area (Å²) in [5.41, 5.74) is 7.01. The summed E-state index contributed by atoms with van der Waals surface area (Å²) in [7, 11) is 0. The van der Waals surface area contributed by atoms with Crippen LogP contribution in [0, 0.1) is 17.8 Å². The summed E-state index contributed by atoms with van der Waals surface area (Å²) >= 11 is 6.01. The minimum atomic E-state index is 0. The van der Waals surface area contributed by atoms with Crippen molar-refractivity contribution in [3.63, 3.8) is 0 Å².